The molecule has 1 amide bonds. The normalized spacial score (nSPS) is 14.7. The molecule has 7 heteroatoms. The Morgan fingerprint density at radius 3 is 2.69 bits per heavy atom. The summed E-state index contributed by atoms with van der Waals surface area (Å²) in [5.41, 5.74) is 2.46. The highest BCUT2D eigenvalue weighted by molar-refractivity contribution is 6.04. The number of hydrogen-bond donors (Lipinski definition) is 1. The zero-order chi connectivity index (χ0) is 20.3. The van der Waals surface area contributed by atoms with Gasteiger partial charge in [-0.1, -0.05) is 35.9 Å². The molecule has 1 aliphatic rings. The number of ether oxygens (including phenoxy) is 1. The van der Waals surface area contributed by atoms with Gasteiger partial charge in [0.1, 0.15) is 0 Å². The maximum Gasteiger partial charge on any atom is 0.316 e. The first-order valence-electron chi connectivity index (χ1n) is 9.54. The van der Waals surface area contributed by atoms with Crippen molar-refractivity contribution in [3.05, 3.63) is 77.6 Å². The topological polar surface area (TPSA) is 86.1 Å². The lowest BCUT2D eigenvalue weighted by Crippen LogP contribution is -2.43. The van der Waals surface area contributed by atoms with Gasteiger partial charge < -0.3 is 10.1 Å². The number of anilines is 1. The molecule has 1 fully saturated rings. The highest BCUT2D eigenvalue weighted by Crippen LogP contribution is 2.45. The Morgan fingerprint density at radius 1 is 1.17 bits per heavy atom. The van der Waals surface area contributed by atoms with Gasteiger partial charge >= 0.3 is 5.97 Å². The average molecular weight is 390 g/mol. The van der Waals surface area contributed by atoms with E-state index in [0.29, 0.717) is 17.8 Å². The largest absolute Gasteiger partial charge is 0.468 e. The number of nitrogens with zero attached hydrogens (tertiary/aromatic N) is 3. The first-order valence-corrected chi connectivity index (χ1v) is 9.54. The van der Waals surface area contributed by atoms with Crippen molar-refractivity contribution in [1.82, 2.24) is 15.0 Å². The predicted octanol–water partition coefficient (Wildman–Crippen LogP) is 3.17. The predicted molar refractivity (Wildman–Crippen MR) is 108 cm³/mol. The van der Waals surface area contributed by atoms with E-state index in [1.165, 1.54) is 7.11 Å². The Balaban J connectivity index is 1.51. The number of rotatable bonds is 6. The van der Waals surface area contributed by atoms with Crippen molar-refractivity contribution < 1.29 is 14.3 Å². The fraction of sp³-hybridized carbons (Fsp3) is 0.273. The van der Waals surface area contributed by atoms with Gasteiger partial charge in [0.05, 0.1) is 25.3 Å². The smallest absolute Gasteiger partial charge is 0.316 e. The van der Waals surface area contributed by atoms with Crippen LogP contribution in [0.2, 0.25) is 0 Å². The van der Waals surface area contributed by atoms with E-state index in [1.54, 1.807) is 23.1 Å². The van der Waals surface area contributed by atoms with E-state index in [1.807, 2.05) is 42.5 Å². The highest BCUT2D eigenvalue weighted by Gasteiger charge is 2.46. The second-order valence-corrected chi connectivity index (χ2v) is 7.26. The molecule has 0 saturated heterocycles. The second kappa shape index (κ2) is 7.87. The van der Waals surface area contributed by atoms with Crippen LogP contribution in [0.25, 0.3) is 0 Å². The first kappa shape index (κ1) is 18.9. The van der Waals surface area contributed by atoms with E-state index in [4.69, 9.17) is 4.74 Å². The molecule has 2 aromatic carbocycles. The highest BCUT2D eigenvalue weighted by atomic mass is 16.5. The van der Waals surface area contributed by atoms with Crippen molar-refractivity contribution in [1.29, 1.82) is 0 Å². The van der Waals surface area contributed by atoms with Gasteiger partial charge in [0.2, 0.25) is 0 Å². The molecule has 0 spiro atoms. The van der Waals surface area contributed by atoms with E-state index in [-0.39, 0.29) is 11.9 Å². The van der Waals surface area contributed by atoms with E-state index >= 15 is 0 Å². The Kier molecular flexibility index (Phi) is 5.12. The van der Waals surface area contributed by atoms with E-state index in [2.05, 4.69) is 15.6 Å². The summed E-state index contributed by atoms with van der Waals surface area (Å²) in [6.07, 6.45) is 5.91. The number of esters is 1. The number of methoxy groups -OCH3 is 1. The molecule has 0 atom stereocenters. The van der Waals surface area contributed by atoms with Gasteiger partial charge in [-0.3, -0.25) is 9.59 Å². The van der Waals surface area contributed by atoms with Crippen LogP contribution >= 0.6 is 0 Å². The minimum atomic E-state index is -0.590. The minimum absolute atomic E-state index is 0.205. The summed E-state index contributed by atoms with van der Waals surface area (Å²) < 4.78 is 6.72. The Hall–Kier alpha value is -3.48. The molecule has 3 aromatic rings. The molecule has 0 unspecified atom stereocenters. The number of nitrogens with one attached hydrogen (secondary N) is 1. The van der Waals surface area contributed by atoms with Crippen LogP contribution in [0, 0.1) is 0 Å². The zero-order valence-electron chi connectivity index (χ0n) is 16.2. The number of carbonyl (C=O) groups excluding carboxylic acids is 2. The summed E-state index contributed by atoms with van der Waals surface area (Å²) in [4.78, 5) is 25.1. The summed E-state index contributed by atoms with van der Waals surface area (Å²) in [6, 6.07) is 14.9. The van der Waals surface area contributed by atoms with Crippen molar-refractivity contribution in [2.24, 2.45) is 0 Å². The van der Waals surface area contributed by atoms with E-state index in [9.17, 15) is 9.59 Å². The van der Waals surface area contributed by atoms with Crippen molar-refractivity contribution in [2.75, 3.05) is 12.4 Å². The van der Waals surface area contributed by atoms with Crippen molar-refractivity contribution in [3.63, 3.8) is 0 Å². The summed E-state index contributed by atoms with van der Waals surface area (Å²) >= 11 is 0. The van der Waals surface area contributed by atoms with Gasteiger partial charge in [-0.2, -0.15) is 0 Å². The van der Waals surface area contributed by atoms with Crippen molar-refractivity contribution >= 4 is 17.6 Å². The van der Waals surface area contributed by atoms with E-state index in [0.717, 1.165) is 30.4 Å². The third-order valence-electron chi connectivity index (χ3n) is 5.46. The molecular formula is C22H22N4O3. The average Bonchev–Trinajstić information content (AvgIpc) is 3.20. The van der Waals surface area contributed by atoms with Crippen LogP contribution in [0.15, 0.2) is 60.9 Å². The lowest BCUT2D eigenvalue weighted by molar-refractivity contribution is -0.151. The molecule has 29 heavy (non-hydrogen) atoms. The molecule has 0 bridgehead atoms. The molecule has 7 nitrogen and oxygen atoms in total. The Bertz CT molecular complexity index is 1030. The third-order valence-corrected chi connectivity index (χ3v) is 5.46. The van der Waals surface area contributed by atoms with Crippen LogP contribution in [0.1, 0.15) is 40.7 Å². The molecular weight excluding hydrogens is 368 g/mol. The second-order valence-electron chi connectivity index (χ2n) is 7.26. The summed E-state index contributed by atoms with van der Waals surface area (Å²) in [7, 11) is 1.42. The molecule has 148 valence electrons. The summed E-state index contributed by atoms with van der Waals surface area (Å²) in [5.74, 6) is -0.420. The van der Waals surface area contributed by atoms with E-state index < -0.39 is 5.41 Å². The van der Waals surface area contributed by atoms with Gasteiger partial charge in [-0.05, 0) is 48.2 Å². The lowest BCUT2D eigenvalue weighted by atomic mass is 9.64. The maximum absolute atomic E-state index is 12.8. The number of carbonyl (C=O) groups is 2. The van der Waals surface area contributed by atoms with Gasteiger partial charge in [-0.25, -0.2) is 4.68 Å². The fourth-order valence-electron chi connectivity index (χ4n) is 3.75. The Morgan fingerprint density at radius 2 is 2.00 bits per heavy atom. The lowest BCUT2D eigenvalue weighted by Gasteiger charge is -2.39. The van der Waals surface area contributed by atoms with Crippen LogP contribution < -0.4 is 5.32 Å². The monoisotopic (exact) mass is 390 g/mol. The number of benzene rings is 2. The maximum atomic E-state index is 12.8. The fourth-order valence-corrected chi connectivity index (χ4v) is 3.75. The van der Waals surface area contributed by atoms with Crippen LogP contribution in [0.4, 0.5) is 5.69 Å². The molecule has 0 radical (unpaired) electrons. The SMILES string of the molecule is COC(=O)C1(c2cccc(NC(=O)c3cccc(Cn4ccnn4)c3)c2)CCC1. The van der Waals surface area contributed by atoms with Gasteiger partial charge in [-0.15, -0.1) is 5.10 Å². The number of aromatic nitrogens is 3. The van der Waals surface area contributed by atoms with Crippen molar-refractivity contribution in [3.8, 4) is 0 Å². The zero-order valence-corrected chi connectivity index (χ0v) is 16.2. The standard InChI is InChI=1S/C22H22N4O3/c1-29-21(28)22(9-4-10-22)18-7-3-8-19(14-18)24-20(27)17-6-2-5-16(13-17)15-26-12-11-23-25-26/h2-3,5-8,11-14H,4,9-10,15H2,1H3,(H,24,27). The van der Waals surface area contributed by atoms with Crippen molar-refractivity contribution in [2.45, 2.75) is 31.2 Å². The van der Waals surface area contributed by atoms with Crippen LogP contribution in [-0.2, 0) is 21.5 Å². The van der Waals surface area contributed by atoms with Gasteiger partial charge in [0, 0.05) is 17.4 Å². The Labute approximate surface area is 168 Å². The molecule has 1 heterocycles. The van der Waals surface area contributed by atoms with Crippen LogP contribution in [0.3, 0.4) is 0 Å². The first-order chi connectivity index (χ1) is 14.1. The molecule has 1 saturated carbocycles. The minimum Gasteiger partial charge on any atom is -0.468 e. The molecule has 4 rings (SSSR count). The summed E-state index contributed by atoms with van der Waals surface area (Å²) in [5, 5.41) is 10.7. The van der Waals surface area contributed by atoms with Gasteiger partial charge in [0.15, 0.2) is 0 Å². The number of amides is 1. The third kappa shape index (κ3) is 3.76. The number of hydrogen-bond acceptors (Lipinski definition) is 5. The van der Waals surface area contributed by atoms with Crippen LogP contribution in [-0.4, -0.2) is 34.0 Å². The molecule has 0 aliphatic heterocycles. The van der Waals surface area contributed by atoms with Gasteiger partial charge in [0.25, 0.3) is 5.91 Å². The quantitative estimate of drug-likeness (QED) is 0.654. The molecule has 1 N–H and O–H groups in total. The van der Waals surface area contributed by atoms with Crippen LogP contribution in [0.5, 0.6) is 0 Å². The molecule has 1 aromatic heterocycles. The molecule has 1 aliphatic carbocycles. The summed E-state index contributed by atoms with van der Waals surface area (Å²) in [6.45, 7) is 0.540.